The summed E-state index contributed by atoms with van der Waals surface area (Å²) in [6.07, 6.45) is 0. The van der Waals surface area contributed by atoms with E-state index in [1.807, 2.05) is 6.92 Å². The highest BCUT2D eigenvalue weighted by atomic mass is 32.2. The third-order valence-electron chi connectivity index (χ3n) is 3.96. The smallest absolute Gasteiger partial charge is 0.340 e. The Bertz CT molecular complexity index is 1080. The zero-order valence-corrected chi connectivity index (χ0v) is 16.8. The second-order valence-corrected chi connectivity index (χ2v) is 7.35. The number of pyridine rings is 1. The third-order valence-corrected chi connectivity index (χ3v) is 5.05. The maximum atomic E-state index is 13.1. The van der Waals surface area contributed by atoms with Gasteiger partial charge in [0, 0.05) is 5.56 Å². The average molecular weight is 412 g/mol. The van der Waals surface area contributed by atoms with Gasteiger partial charge >= 0.3 is 5.97 Å². The average Bonchev–Trinajstić information content (AvgIpc) is 3.19. The summed E-state index contributed by atoms with van der Waals surface area (Å²) in [5.74, 6) is -0.254. The summed E-state index contributed by atoms with van der Waals surface area (Å²) in [6.45, 7) is 5.47. The van der Waals surface area contributed by atoms with Crippen LogP contribution >= 0.6 is 11.8 Å². The van der Waals surface area contributed by atoms with Crippen LogP contribution in [0.5, 0.6) is 0 Å². The van der Waals surface area contributed by atoms with Crippen LogP contribution in [-0.4, -0.2) is 27.8 Å². The lowest BCUT2D eigenvalue weighted by molar-refractivity contribution is 0.0524. The first-order valence-corrected chi connectivity index (χ1v) is 9.65. The molecule has 0 saturated carbocycles. The molecule has 0 aliphatic heterocycles. The number of thioether (sulfide) groups is 1. The molecular formula is C20H17FN4O3S. The number of hydrogen-bond donors (Lipinski definition) is 0. The van der Waals surface area contributed by atoms with E-state index in [2.05, 4.69) is 21.3 Å². The largest absolute Gasteiger partial charge is 0.462 e. The Kier molecular flexibility index (Phi) is 6.24. The molecule has 0 fully saturated rings. The Labute approximate surface area is 170 Å². The Hall–Kier alpha value is -3.25. The van der Waals surface area contributed by atoms with E-state index in [4.69, 9.17) is 9.15 Å². The molecule has 0 unspecified atom stereocenters. The number of ether oxygens (including phenoxy) is 1. The number of benzene rings is 1. The van der Waals surface area contributed by atoms with Gasteiger partial charge in [0.25, 0.3) is 0 Å². The number of hydrogen-bond acceptors (Lipinski definition) is 8. The molecule has 0 aliphatic rings. The van der Waals surface area contributed by atoms with E-state index in [1.54, 1.807) is 26.0 Å². The van der Waals surface area contributed by atoms with E-state index in [-0.39, 0.29) is 34.7 Å². The second-order valence-electron chi connectivity index (χ2n) is 6.02. The molecule has 3 rings (SSSR count). The standard InChI is InChI=1S/C20H17FN4O3S/c1-4-27-20(26)16-9-14(10-22)19(23-11(16)2)29-12(3)17-24-25-18(28-17)13-5-7-15(21)8-6-13/h5-9,12H,4H2,1-3H3/t12-/m0/s1. The van der Waals surface area contributed by atoms with Gasteiger partial charge in [0.2, 0.25) is 11.8 Å². The Morgan fingerprint density at radius 2 is 2.07 bits per heavy atom. The van der Waals surface area contributed by atoms with Gasteiger partial charge in [-0.2, -0.15) is 5.26 Å². The van der Waals surface area contributed by atoms with Crippen LogP contribution in [0.2, 0.25) is 0 Å². The van der Waals surface area contributed by atoms with Crippen molar-refractivity contribution in [1.82, 2.24) is 15.2 Å². The Morgan fingerprint density at radius 3 is 2.72 bits per heavy atom. The maximum absolute atomic E-state index is 13.1. The molecule has 1 aromatic carbocycles. The van der Waals surface area contributed by atoms with Gasteiger partial charge in [0.1, 0.15) is 16.9 Å². The number of esters is 1. The van der Waals surface area contributed by atoms with Crippen LogP contribution in [0.3, 0.4) is 0 Å². The molecule has 0 saturated heterocycles. The van der Waals surface area contributed by atoms with Crippen LogP contribution < -0.4 is 0 Å². The lowest BCUT2D eigenvalue weighted by atomic mass is 10.1. The fourth-order valence-corrected chi connectivity index (χ4v) is 3.45. The number of nitrogens with zero attached hydrogens (tertiary/aromatic N) is 4. The van der Waals surface area contributed by atoms with Crippen LogP contribution in [0.4, 0.5) is 4.39 Å². The van der Waals surface area contributed by atoms with Crippen molar-refractivity contribution < 1.29 is 18.3 Å². The van der Waals surface area contributed by atoms with Gasteiger partial charge in [-0.05, 0) is 51.1 Å². The summed E-state index contributed by atoms with van der Waals surface area (Å²) in [7, 11) is 0. The number of aromatic nitrogens is 3. The van der Waals surface area contributed by atoms with Crippen molar-refractivity contribution in [3.05, 3.63) is 58.9 Å². The van der Waals surface area contributed by atoms with Gasteiger partial charge in [-0.3, -0.25) is 0 Å². The van der Waals surface area contributed by atoms with Crippen LogP contribution in [-0.2, 0) is 4.74 Å². The van der Waals surface area contributed by atoms with Crippen molar-refractivity contribution >= 4 is 17.7 Å². The SMILES string of the molecule is CCOC(=O)c1cc(C#N)c(S[C@@H](C)c2nnc(-c3ccc(F)cc3)o2)nc1C. The monoisotopic (exact) mass is 412 g/mol. The van der Waals surface area contributed by atoms with E-state index in [9.17, 15) is 14.4 Å². The lowest BCUT2D eigenvalue weighted by Crippen LogP contribution is -2.09. The molecule has 148 valence electrons. The highest BCUT2D eigenvalue weighted by Gasteiger charge is 2.21. The van der Waals surface area contributed by atoms with E-state index in [1.165, 1.54) is 30.0 Å². The number of carbonyl (C=O) groups excluding carboxylic acids is 1. The van der Waals surface area contributed by atoms with Crippen molar-refractivity contribution in [2.45, 2.75) is 31.0 Å². The number of halogens is 1. The predicted octanol–water partition coefficient (Wildman–Crippen LogP) is 4.48. The highest BCUT2D eigenvalue weighted by Crippen LogP contribution is 2.36. The number of carbonyl (C=O) groups is 1. The summed E-state index contributed by atoms with van der Waals surface area (Å²) < 4.78 is 23.8. The summed E-state index contributed by atoms with van der Waals surface area (Å²) in [6, 6.07) is 9.27. The van der Waals surface area contributed by atoms with Gasteiger partial charge < -0.3 is 9.15 Å². The molecule has 2 heterocycles. The van der Waals surface area contributed by atoms with Gasteiger partial charge in [-0.25, -0.2) is 14.2 Å². The van der Waals surface area contributed by atoms with Gasteiger partial charge in [0.05, 0.1) is 28.7 Å². The molecule has 0 aliphatic carbocycles. The van der Waals surface area contributed by atoms with Crippen molar-refractivity contribution in [3.8, 4) is 17.5 Å². The second kappa shape index (κ2) is 8.84. The first-order chi connectivity index (χ1) is 13.9. The molecule has 0 spiro atoms. The first-order valence-electron chi connectivity index (χ1n) is 8.77. The summed E-state index contributed by atoms with van der Waals surface area (Å²) in [5, 5.41) is 17.7. The quantitative estimate of drug-likeness (QED) is 0.431. The maximum Gasteiger partial charge on any atom is 0.340 e. The molecule has 9 heteroatoms. The van der Waals surface area contributed by atoms with E-state index >= 15 is 0 Å². The number of aryl methyl sites for hydroxylation is 1. The van der Waals surface area contributed by atoms with Crippen LogP contribution in [0.25, 0.3) is 11.5 Å². The van der Waals surface area contributed by atoms with E-state index in [0.717, 1.165) is 0 Å². The molecule has 29 heavy (non-hydrogen) atoms. The zero-order chi connectivity index (χ0) is 21.0. The molecule has 0 amide bonds. The molecule has 2 aromatic heterocycles. The summed E-state index contributed by atoms with van der Waals surface area (Å²) in [5.41, 5.74) is 1.59. The van der Waals surface area contributed by atoms with Crippen molar-refractivity contribution in [2.24, 2.45) is 0 Å². The minimum absolute atomic E-state index is 0.237. The molecular weight excluding hydrogens is 395 g/mol. The summed E-state index contributed by atoms with van der Waals surface area (Å²) >= 11 is 1.26. The van der Waals surface area contributed by atoms with Crippen LogP contribution in [0.1, 0.15) is 46.6 Å². The Morgan fingerprint density at radius 1 is 1.34 bits per heavy atom. The van der Waals surface area contributed by atoms with Gasteiger partial charge in [-0.1, -0.05) is 11.8 Å². The predicted molar refractivity (Wildman–Crippen MR) is 104 cm³/mol. The van der Waals surface area contributed by atoms with Gasteiger partial charge in [0.15, 0.2) is 0 Å². The van der Waals surface area contributed by atoms with Gasteiger partial charge in [-0.15, -0.1) is 10.2 Å². The van der Waals surface area contributed by atoms with Crippen molar-refractivity contribution in [3.63, 3.8) is 0 Å². The van der Waals surface area contributed by atoms with Crippen molar-refractivity contribution in [2.75, 3.05) is 6.61 Å². The zero-order valence-electron chi connectivity index (χ0n) is 16.0. The van der Waals surface area contributed by atoms with Crippen molar-refractivity contribution in [1.29, 1.82) is 5.26 Å². The summed E-state index contributed by atoms with van der Waals surface area (Å²) in [4.78, 5) is 16.4. The molecule has 0 radical (unpaired) electrons. The fraction of sp³-hybridized carbons (Fsp3) is 0.250. The normalized spacial score (nSPS) is 11.7. The number of rotatable bonds is 6. The van der Waals surface area contributed by atoms with Crippen LogP contribution in [0, 0.1) is 24.1 Å². The molecule has 1 atom stereocenters. The molecule has 7 nitrogen and oxygen atoms in total. The molecule has 0 bridgehead atoms. The molecule has 3 aromatic rings. The van der Waals surface area contributed by atoms with Crippen LogP contribution in [0.15, 0.2) is 39.8 Å². The van der Waals surface area contributed by atoms with E-state index in [0.29, 0.717) is 22.2 Å². The lowest BCUT2D eigenvalue weighted by Gasteiger charge is -2.11. The van der Waals surface area contributed by atoms with E-state index < -0.39 is 5.97 Å². The topological polar surface area (TPSA) is 102 Å². The minimum Gasteiger partial charge on any atom is -0.462 e. The molecule has 0 N–H and O–H groups in total. The minimum atomic E-state index is -0.514. The fourth-order valence-electron chi connectivity index (χ4n) is 2.49. The highest BCUT2D eigenvalue weighted by molar-refractivity contribution is 7.99. The third kappa shape index (κ3) is 4.60. The Balaban J connectivity index is 1.83. The first kappa shape index (κ1) is 20.5. The number of nitriles is 1.